The SMILES string of the molecule is Cc1cc(OCc2ccc(F)cc2F)c(Br)c(=O)n1Cc1cnc(C#N)nc1. The van der Waals surface area contributed by atoms with Crippen molar-refractivity contribution in [2.45, 2.75) is 20.1 Å². The number of pyridine rings is 1. The predicted molar refractivity (Wildman–Crippen MR) is 99.7 cm³/mol. The maximum Gasteiger partial charge on any atom is 0.269 e. The highest BCUT2D eigenvalue weighted by atomic mass is 79.9. The van der Waals surface area contributed by atoms with Gasteiger partial charge in [0.15, 0.2) is 0 Å². The van der Waals surface area contributed by atoms with E-state index in [0.717, 1.165) is 12.1 Å². The van der Waals surface area contributed by atoms with Gasteiger partial charge in [0.2, 0.25) is 5.82 Å². The molecule has 0 spiro atoms. The standard InChI is InChI=1S/C19H13BrF2N4O2/c1-11-4-16(28-10-13-2-3-14(21)5-15(13)22)18(20)19(27)26(11)9-12-7-24-17(6-23)25-8-12/h2-5,7-8H,9-10H2,1H3. The van der Waals surface area contributed by atoms with E-state index >= 15 is 0 Å². The second-order valence-electron chi connectivity index (χ2n) is 5.91. The maximum atomic E-state index is 13.7. The molecule has 9 heteroatoms. The Kier molecular flexibility index (Phi) is 5.80. The lowest BCUT2D eigenvalue weighted by Crippen LogP contribution is -2.24. The van der Waals surface area contributed by atoms with Gasteiger partial charge in [0, 0.05) is 41.3 Å². The summed E-state index contributed by atoms with van der Waals surface area (Å²) in [5.74, 6) is -1.10. The van der Waals surface area contributed by atoms with E-state index in [2.05, 4.69) is 25.9 Å². The molecule has 0 radical (unpaired) electrons. The third-order valence-corrected chi connectivity index (χ3v) is 4.69. The Morgan fingerprint density at radius 2 is 1.96 bits per heavy atom. The Labute approximate surface area is 167 Å². The largest absolute Gasteiger partial charge is 0.487 e. The number of aromatic nitrogens is 3. The highest BCUT2D eigenvalue weighted by molar-refractivity contribution is 9.10. The minimum atomic E-state index is -0.720. The van der Waals surface area contributed by atoms with Gasteiger partial charge < -0.3 is 9.30 Å². The third-order valence-electron chi connectivity index (χ3n) is 3.96. The van der Waals surface area contributed by atoms with Crippen LogP contribution in [0.2, 0.25) is 0 Å². The molecular formula is C19H13BrF2N4O2. The van der Waals surface area contributed by atoms with Gasteiger partial charge >= 0.3 is 0 Å². The Bertz CT molecular complexity index is 1120. The average molecular weight is 447 g/mol. The molecule has 0 aliphatic heterocycles. The molecule has 1 aromatic carbocycles. The summed E-state index contributed by atoms with van der Waals surface area (Å²) in [6.07, 6.45) is 2.96. The van der Waals surface area contributed by atoms with Gasteiger partial charge in [0.1, 0.15) is 34.5 Å². The number of benzene rings is 1. The van der Waals surface area contributed by atoms with E-state index in [1.807, 2.05) is 6.07 Å². The van der Waals surface area contributed by atoms with Gasteiger partial charge in [0.25, 0.3) is 5.56 Å². The van der Waals surface area contributed by atoms with Gasteiger partial charge in [-0.1, -0.05) is 0 Å². The van der Waals surface area contributed by atoms with Crippen LogP contribution in [-0.4, -0.2) is 14.5 Å². The summed E-state index contributed by atoms with van der Waals surface area (Å²) < 4.78 is 34.0. The Morgan fingerprint density at radius 1 is 1.25 bits per heavy atom. The monoisotopic (exact) mass is 446 g/mol. The highest BCUT2D eigenvalue weighted by Gasteiger charge is 2.14. The van der Waals surface area contributed by atoms with Gasteiger partial charge in [-0.15, -0.1) is 0 Å². The zero-order valence-electron chi connectivity index (χ0n) is 14.6. The number of halogens is 3. The first kappa shape index (κ1) is 19.6. The van der Waals surface area contributed by atoms with Crippen molar-refractivity contribution in [3.63, 3.8) is 0 Å². The molecule has 3 aromatic rings. The van der Waals surface area contributed by atoms with Crippen LogP contribution in [-0.2, 0) is 13.2 Å². The van der Waals surface area contributed by atoms with E-state index in [9.17, 15) is 13.6 Å². The summed E-state index contributed by atoms with van der Waals surface area (Å²) in [6.45, 7) is 1.78. The number of nitrogens with zero attached hydrogens (tertiary/aromatic N) is 4. The molecule has 0 fully saturated rings. The van der Waals surface area contributed by atoms with Crippen molar-refractivity contribution in [2.75, 3.05) is 0 Å². The van der Waals surface area contributed by atoms with Gasteiger partial charge in [-0.3, -0.25) is 4.79 Å². The lowest BCUT2D eigenvalue weighted by molar-refractivity contribution is 0.295. The van der Waals surface area contributed by atoms with Crippen LogP contribution < -0.4 is 10.3 Å². The van der Waals surface area contributed by atoms with Crippen molar-refractivity contribution in [1.29, 1.82) is 5.26 Å². The lowest BCUT2D eigenvalue weighted by Gasteiger charge is -2.14. The molecule has 0 saturated heterocycles. The van der Waals surface area contributed by atoms with Crippen molar-refractivity contribution in [3.05, 3.63) is 85.8 Å². The molecule has 0 aliphatic rings. The van der Waals surface area contributed by atoms with Crippen LogP contribution in [0.4, 0.5) is 8.78 Å². The summed E-state index contributed by atoms with van der Waals surface area (Å²) in [6, 6.07) is 6.67. The molecule has 0 bridgehead atoms. The van der Waals surface area contributed by atoms with Gasteiger partial charge in [-0.2, -0.15) is 5.26 Å². The summed E-state index contributed by atoms with van der Waals surface area (Å²) >= 11 is 3.22. The summed E-state index contributed by atoms with van der Waals surface area (Å²) in [5.41, 5.74) is 1.08. The number of rotatable bonds is 5. The van der Waals surface area contributed by atoms with Crippen molar-refractivity contribution in [1.82, 2.24) is 14.5 Å². The van der Waals surface area contributed by atoms with Crippen LogP contribution in [0.5, 0.6) is 5.75 Å². The molecule has 0 aliphatic carbocycles. The summed E-state index contributed by atoms with van der Waals surface area (Å²) in [5, 5.41) is 8.74. The summed E-state index contributed by atoms with van der Waals surface area (Å²) in [7, 11) is 0. The number of nitriles is 1. The molecule has 0 amide bonds. The van der Waals surface area contributed by atoms with Gasteiger partial charge in [-0.25, -0.2) is 18.7 Å². The van der Waals surface area contributed by atoms with Crippen LogP contribution in [0.25, 0.3) is 0 Å². The van der Waals surface area contributed by atoms with E-state index in [4.69, 9.17) is 10.00 Å². The van der Waals surface area contributed by atoms with Crippen molar-refractivity contribution < 1.29 is 13.5 Å². The predicted octanol–water partition coefficient (Wildman–Crippen LogP) is 3.49. The number of aryl methyl sites for hydroxylation is 1. The molecule has 0 N–H and O–H groups in total. The third kappa shape index (κ3) is 4.23. The average Bonchev–Trinajstić information content (AvgIpc) is 2.68. The quantitative estimate of drug-likeness (QED) is 0.599. The minimum absolute atomic E-state index is 0.0470. The Morgan fingerprint density at radius 3 is 2.61 bits per heavy atom. The van der Waals surface area contributed by atoms with Gasteiger partial charge in [0.05, 0.1) is 6.54 Å². The first-order chi connectivity index (χ1) is 13.4. The van der Waals surface area contributed by atoms with Crippen LogP contribution in [0.15, 0.2) is 45.9 Å². The molecule has 142 valence electrons. The first-order valence-electron chi connectivity index (χ1n) is 8.06. The molecule has 2 heterocycles. The van der Waals surface area contributed by atoms with Crippen LogP contribution in [0.1, 0.15) is 22.6 Å². The van der Waals surface area contributed by atoms with E-state index < -0.39 is 11.6 Å². The van der Waals surface area contributed by atoms with Crippen LogP contribution >= 0.6 is 15.9 Å². The van der Waals surface area contributed by atoms with Crippen molar-refractivity contribution in [2.24, 2.45) is 0 Å². The van der Waals surface area contributed by atoms with E-state index in [-0.39, 0.29) is 40.3 Å². The van der Waals surface area contributed by atoms with Crippen molar-refractivity contribution in [3.8, 4) is 11.8 Å². The molecule has 0 atom stereocenters. The first-order valence-corrected chi connectivity index (χ1v) is 8.86. The Balaban J connectivity index is 1.83. The fraction of sp³-hybridized carbons (Fsp3) is 0.158. The molecule has 28 heavy (non-hydrogen) atoms. The van der Waals surface area contributed by atoms with Gasteiger partial charge in [-0.05, 0) is 35.0 Å². The van der Waals surface area contributed by atoms with E-state index in [1.54, 1.807) is 13.0 Å². The highest BCUT2D eigenvalue weighted by Crippen LogP contribution is 2.24. The second kappa shape index (κ2) is 8.27. The molecule has 6 nitrogen and oxygen atoms in total. The number of hydrogen-bond acceptors (Lipinski definition) is 5. The number of hydrogen-bond donors (Lipinski definition) is 0. The van der Waals surface area contributed by atoms with Crippen LogP contribution in [0.3, 0.4) is 0 Å². The zero-order valence-corrected chi connectivity index (χ0v) is 16.2. The normalized spacial score (nSPS) is 10.5. The van der Waals surface area contributed by atoms with Crippen molar-refractivity contribution >= 4 is 15.9 Å². The fourth-order valence-corrected chi connectivity index (χ4v) is 2.93. The lowest BCUT2D eigenvalue weighted by atomic mass is 10.2. The Hall–Kier alpha value is -3.12. The molecular weight excluding hydrogens is 434 g/mol. The number of ether oxygens (including phenoxy) is 1. The van der Waals surface area contributed by atoms with E-state index in [1.165, 1.54) is 23.0 Å². The van der Waals surface area contributed by atoms with E-state index in [0.29, 0.717) is 11.3 Å². The topological polar surface area (TPSA) is 80.8 Å². The molecule has 2 aromatic heterocycles. The summed E-state index contributed by atoms with van der Waals surface area (Å²) in [4.78, 5) is 20.4. The smallest absolute Gasteiger partial charge is 0.269 e. The molecule has 0 saturated carbocycles. The molecule has 0 unspecified atom stereocenters. The zero-order chi connectivity index (χ0) is 20.3. The molecule has 3 rings (SSSR count). The second-order valence-corrected chi connectivity index (χ2v) is 6.70. The fourth-order valence-electron chi connectivity index (χ4n) is 2.49. The minimum Gasteiger partial charge on any atom is -0.487 e. The maximum absolute atomic E-state index is 13.7. The van der Waals surface area contributed by atoms with Crippen LogP contribution in [0, 0.1) is 29.9 Å².